The molecule has 0 atom stereocenters. The van der Waals surface area contributed by atoms with Crippen LogP contribution in [0, 0.1) is 0 Å². The Balaban J connectivity index is 3.28. The Hall–Kier alpha value is -2.30. The van der Waals surface area contributed by atoms with Crippen molar-refractivity contribution in [3.8, 4) is 17.2 Å². The molecule has 0 aliphatic rings. The van der Waals surface area contributed by atoms with E-state index in [1.54, 1.807) is 12.1 Å². The second-order valence-electron chi connectivity index (χ2n) is 3.72. The first-order valence-electron chi connectivity index (χ1n) is 6.31. The van der Waals surface area contributed by atoms with E-state index in [4.69, 9.17) is 14.2 Å². The highest BCUT2D eigenvalue weighted by Gasteiger charge is 2.16. The quantitative estimate of drug-likeness (QED) is 0.415. The maximum atomic E-state index is 12.0. The van der Waals surface area contributed by atoms with Gasteiger partial charge in [0, 0.05) is 6.07 Å². The van der Waals surface area contributed by atoms with Gasteiger partial charge in [0.2, 0.25) is 0 Å². The van der Waals surface area contributed by atoms with Crippen molar-refractivity contribution in [3.63, 3.8) is 0 Å². The number of carbonyl (C=O) groups is 2. The first-order valence-corrected chi connectivity index (χ1v) is 6.31. The van der Waals surface area contributed by atoms with Crippen LogP contribution in [0.3, 0.4) is 0 Å². The number of benzene rings is 1. The summed E-state index contributed by atoms with van der Waals surface area (Å²) >= 11 is 0. The molecule has 0 aliphatic heterocycles. The Morgan fingerprint density at radius 1 is 1.10 bits per heavy atom. The molecule has 0 aromatic heterocycles. The smallest absolute Gasteiger partial charge is 0.189 e. The van der Waals surface area contributed by atoms with Gasteiger partial charge in [0.1, 0.15) is 12.0 Å². The molecule has 0 N–H and O–H groups in total. The minimum Gasteiger partial charge on any atom is -0.496 e. The number of methoxy groups -OCH3 is 1. The number of ketones is 1. The van der Waals surface area contributed by atoms with Gasteiger partial charge in [-0.25, -0.2) is 0 Å². The monoisotopic (exact) mass is 278 g/mol. The van der Waals surface area contributed by atoms with E-state index in [-0.39, 0.29) is 5.78 Å². The minimum absolute atomic E-state index is 0.317. The molecule has 0 aliphatic carbocycles. The topological polar surface area (TPSA) is 61.8 Å². The van der Waals surface area contributed by atoms with E-state index in [2.05, 4.69) is 0 Å². The van der Waals surface area contributed by atoms with Crippen molar-refractivity contribution < 1.29 is 23.8 Å². The maximum absolute atomic E-state index is 12.0. The summed E-state index contributed by atoms with van der Waals surface area (Å²) in [6.45, 7) is 4.62. The fourth-order valence-corrected chi connectivity index (χ4v) is 1.66. The van der Waals surface area contributed by atoms with Gasteiger partial charge in [-0.3, -0.25) is 9.59 Å². The van der Waals surface area contributed by atoms with Crippen molar-refractivity contribution in [2.75, 3.05) is 20.3 Å². The van der Waals surface area contributed by atoms with Crippen LogP contribution in [0.1, 0.15) is 24.2 Å². The second kappa shape index (κ2) is 7.99. The van der Waals surface area contributed by atoms with Crippen molar-refractivity contribution in [2.24, 2.45) is 0 Å². The van der Waals surface area contributed by atoms with Crippen LogP contribution in [0.25, 0.3) is 0 Å². The van der Waals surface area contributed by atoms with E-state index in [1.807, 2.05) is 13.8 Å². The molecule has 1 aromatic rings. The highest BCUT2D eigenvalue weighted by molar-refractivity contribution is 6.08. The van der Waals surface area contributed by atoms with E-state index in [9.17, 15) is 9.59 Å². The minimum atomic E-state index is -0.335. The zero-order valence-electron chi connectivity index (χ0n) is 11.8. The van der Waals surface area contributed by atoms with Gasteiger partial charge in [0.25, 0.3) is 0 Å². The van der Waals surface area contributed by atoms with Gasteiger partial charge >= 0.3 is 0 Å². The molecule has 108 valence electrons. The lowest BCUT2D eigenvalue weighted by molar-refractivity contribution is -0.104. The van der Waals surface area contributed by atoms with Crippen LogP contribution in [0.5, 0.6) is 17.2 Å². The SMILES string of the molecule is CCOc1cc(OC)c(C(=O)C=CC=O)cc1OCC. The normalized spacial score (nSPS) is 10.3. The summed E-state index contributed by atoms with van der Waals surface area (Å²) in [5.74, 6) is 1.02. The van der Waals surface area contributed by atoms with Crippen LogP contribution in [-0.2, 0) is 4.79 Å². The maximum Gasteiger partial charge on any atom is 0.189 e. The van der Waals surface area contributed by atoms with Gasteiger partial charge in [-0.1, -0.05) is 0 Å². The van der Waals surface area contributed by atoms with Gasteiger partial charge in [-0.2, -0.15) is 0 Å². The van der Waals surface area contributed by atoms with Crippen LogP contribution in [0.15, 0.2) is 24.3 Å². The molecule has 5 nitrogen and oxygen atoms in total. The Bertz CT molecular complexity index is 505. The molecule has 0 unspecified atom stereocenters. The molecular weight excluding hydrogens is 260 g/mol. The third-order valence-corrected chi connectivity index (χ3v) is 2.46. The number of carbonyl (C=O) groups excluding carboxylic acids is 2. The third-order valence-electron chi connectivity index (χ3n) is 2.46. The molecule has 0 heterocycles. The zero-order chi connectivity index (χ0) is 15.0. The standard InChI is InChI=1S/C15H18O5/c1-4-19-14-9-11(12(17)7-6-8-16)13(18-3)10-15(14)20-5-2/h6-10H,4-5H2,1-3H3. The van der Waals surface area contributed by atoms with Crippen molar-refractivity contribution in [1.29, 1.82) is 0 Å². The second-order valence-corrected chi connectivity index (χ2v) is 3.72. The third kappa shape index (κ3) is 3.85. The zero-order valence-corrected chi connectivity index (χ0v) is 11.8. The lowest BCUT2D eigenvalue weighted by atomic mass is 10.1. The number of aldehydes is 1. The largest absolute Gasteiger partial charge is 0.496 e. The predicted octanol–water partition coefficient (Wildman–Crippen LogP) is 2.43. The van der Waals surface area contributed by atoms with Crippen LogP contribution >= 0.6 is 0 Å². The Morgan fingerprint density at radius 2 is 1.70 bits per heavy atom. The van der Waals surface area contributed by atoms with Gasteiger partial charge in [-0.15, -0.1) is 0 Å². The van der Waals surface area contributed by atoms with Gasteiger partial charge in [-0.05, 0) is 32.1 Å². The van der Waals surface area contributed by atoms with E-state index in [0.29, 0.717) is 42.3 Å². The molecule has 0 radical (unpaired) electrons. The van der Waals surface area contributed by atoms with Crippen LogP contribution < -0.4 is 14.2 Å². The molecule has 20 heavy (non-hydrogen) atoms. The van der Waals surface area contributed by atoms with Crippen molar-refractivity contribution in [2.45, 2.75) is 13.8 Å². The number of rotatable bonds is 8. The highest BCUT2D eigenvalue weighted by Crippen LogP contribution is 2.35. The average molecular weight is 278 g/mol. The Kier molecular flexibility index (Phi) is 6.29. The van der Waals surface area contributed by atoms with Gasteiger partial charge < -0.3 is 14.2 Å². The van der Waals surface area contributed by atoms with Gasteiger partial charge in [0.05, 0.1) is 25.9 Å². The molecule has 0 fully saturated rings. The first-order chi connectivity index (χ1) is 9.67. The highest BCUT2D eigenvalue weighted by atomic mass is 16.5. The summed E-state index contributed by atoms with van der Waals surface area (Å²) in [5, 5.41) is 0. The van der Waals surface area contributed by atoms with Crippen molar-refractivity contribution in [1.82, 2.24) is 0 Å². The lowest BCUT2D eigenvalue weighted by Crippen LogP contribution is -2.04. The number of ether oxygens (including phenoxy) is 3. The molecule has 0 saturated carbocycles. The molecule has 5 heteroatoms. The van der Waals surface area contributed by atoms with E-state index in [1.165, 1.54) is 13.2 Å². The van der Waals surface area contributed by atoms with Gasteiger partial charge in [0.15, 0.2) is 17.3 Å². The molecule has 0 bridgehead atoms. The fraction of sp³-hybridized carbons (Fsp3) is 0.333. The summed E-state index contributed by atoms with van der Waals surface area (Å²) in [5.41, 5.74) is 0.317. The number of allylic oxidation sites excluding steroid dienone is 2. The fourth-order valence-electron chi connectivity index (χ4n) is 1.66. The first kappa shape index (κ1) is 15.8. The predicted molar refractivity (Wildman–Crippen MR) is 74.9 cm³/mol. The summed E-state index contributed by atoms with van der Waals surface area (Å²) in [7, 11) is 1.46. The van der Waals surface area contributed by atoms with Crippen LogP contribution in [-0.4, -0.2) is 32.4 Å². The Morgan fingerprint density at radius 3 is 2.20 bits per heavy atom. The molecule has 0 amide bonds. The van der Waals surface area contributed by atoms with E-state index in [0.717, 1.165) is 6.08 Å². The molecule has 0 spiro atoms. The molecule has 1 rings (SSSR count). The summed E-state index contributed by atoms with van der Waals surface area (Å²) in [4.78, 5) is 22.3. The average Bonchev–Trinajstić information content (AvgIpc) is 2.46. The van der Waals surface area contributed by atoms with E-state index >= 15 is 0 Å². The van der Waals surface area contributed by atoms with Crippen molar-refractivity contribution in [3.05, 3.63) is 29.8 Å². The van der Waals surface area contributed by atoms with Crippen LogP contribution in [0.2, 0.25) is 0 Å². The van der Waals surface area contributed by atoms with Crippen LogP contribution in [0.4, 0.5) is 0 Å². The molecule has 1 aromatic carbocycles. The molecule has 0 saturated heterocycles. The van der Waals surface area contributed by atoms with E-state index < -0.39 is 0 Å². The molecular formula is C15H18O5. The number of hydrogen-bond acceptors (Lipinski definition) is 5. The van der Waals surface area contributed by atoms with Crippen molar-refractivity contribution >= 4 is 12.1 Å². The summed E-state index contributed by atoms with van der Waals surface area (Å²) in [6, 6.07) is 3.17. The number of hydrogen-bond donors (Lipinski definition) is 0. The Labute approximate surface area is 118 Å². The summed E-state index contributed by atoms with van der Waals surface area (Å²) < 4.78 is 16.1. The summed E-state index contributed by atoms with van der Waals surface area (Å²) in [6.07, 6.45) is 2.86. The lowest BCUT2D eigenvalue weighted by Gasteiger charge is -2.14.